The first-order valence-electron chi connectivity index (χ1n) is 6.28. The van der Waals surface area contributed by atoms with Crippen LogP contribution >= 0.6 is 0 Å². The molecule has 0 amide bonds. The van der Waals surface area contributed by atoms with Gasteiger partial charge >= 0.3 is 6.18 Å². The highest BCUT2D eigenvalue weighted by Crippen LogP contribution is 2.33. The number of hydrogen-bond donors (Lipinski definition) is 1. The lowest BCUT2D eigenvalue weighted by molar-refractivity contribution is -0.144. The molecule has 21 heavy (non-hydrogen) atoms. The van der Waals surface area contributed by atoms with Crippen molar-refractivity contribution in [3.05, 3.63) is 35.0 Å². The number of alkyl halides is 3. The predicted molar refractivity (Wildman–Crippen MR) is 70.8 cm³/mol. The highest BCUT2D eigenvalue weighted by Gasteiger charge is 2.35. The maximum Gasteiger partial charge on any atom is 0.449 e. The summed E-state index contributed by atoms with van der Waals surface area (Å²) in [6.45, 7) is 5.29. The second-order valence-corrected chi connectivity index (χ2v) is 4.97. The summed E-state index contributed by atoms with van der Waals surface area (Å²) >= 11 is 0. The summed E-state index contributed by atoms with van der Waals surface area (Å²) in [5, 5.41) is 3.87. The zero-order valence-corrected chi connectivity index (χ0v) is 11.6. The van der Waals surface area contributed by atoms with E-state index in [1.807, 2.05) is 0 Å². The third-order valence-corrected chi connectivity index (χ3v) is 3.37. The van der Waals surface area contributed by atoms with Crippen molar-refractivity contribution in [1.82, 2.24) is 15.1 Å². The zero-order valence-electron chi connectivity index (χ0n) is 11.6. The predicted octanol–water partition coefficient (Wildman–Crippen LogP) is 4.16. The Balaban J connectivity index is 2.24. The molecule has 7 heteroatoms. The van der Waals surface area contributed by atoms with Crippen molar-refractivity contribution >= 4 is 11.0 Å². The van der Waals surface area contributed by atoms with Gasteiger partial charge in [0.2, 0.25) is 5.82 Å². The van der Waals surface area contributed by atoms with Crippen molar-refractivity contribution in [2.45, 2.75) is 26.9 Å². The first kappa shape index (κ1) is 13.7. The molecule has 0 bridgehead atoms. The van der Waals surface area contributed by atoms with Crippen molar-refractivity contribution < 1.29 is 17.7 Å². The number of halogens is 3. The second kappa shape index (κ2) is 4.34. The smallest absolute Gasteiger partial charge is 0.361 e. The molecule has 3 aromatic rings. The highest BCUT2D eigenvalue weighted by atomic mass is 19.4. The monoisotopic (exact) mass is 295 g/mol. The van der Waals surface area contributed by atoms with Gasteiger partial charge in [0.25, 0.3) is 0 Å². The van der Waals surface area contributed by atoms with Crippen molar-refractivity contribution in [1.29, 1.82) is 0 Å². The third-order valence-electron chi connectivity index (χ3n) is 3.37. The number of H-pyrrole nitrogens is 1. The van der Waals surface area contributed by atoms with Crippen molar-refractivity contribution in [2.24, 2.45) is 0 Å². The topological polar surface area (TPSA) is 54.7 Å². The number of benzene rings is 1. The van der Waals surface area contributed by atoms with E-state index < -0.39 is 12.0 Å². The minimum absolute atomic E-state index is 0.317. The quantitative estimate of drug-likeness (QED) is 0.733. The molecule has 0 radical (unpaired) electrons. The molecule has 0 aliphatic carbocycles. The lowest BCUT2D eigenvalue weighted by Gasteiger charge is -2.03. The molecule has 0 saturated heterocycles. The number of aromatic nitrogens is 3. The average Bonchev–Trinajstić information content (AvgIpc) is 2.93. The minimum atomic E-state index is -4.49. The molecular formula is C14H12F3N3O. The summed E-state index contributed by atoms with van der Waals surface area (Å²) in [5.41, 5.74) is 3.57. The molecule has 4 nitrogen and oxygen atoms in total. The summed E-state index contributed by atoms with van der Waals surface area (Å²) < 4.78 is 43.3. The molecule has 3 rings (SSSR count). The summed E-state index contributed by atoms with van der Waals surface area (Å²) in [7, 11) is 0. The molecule has 1 N–H and O–H groups in total. The van der Waals surface area contributed by atoms with Crippen LogP contribution < -0.4 is 0 Å². The maximum absolute atomic E-state index is 12.7. The van der Waals surface area contributed by atoms with Gasteiger partial charge in [0.15, 0.2) is 0 Å². The van der Waals surface area contributed by atoms with Crippen LogP contribution in [0.3, 0.4) is 0 Å². The third kappa shape index (κ3) is 2.18. The van der Waals surface area contributed by atoms with Gasteiger partial charge in [-0.3, -0.25) is 0 Å². The van der Waals surface area contributed by atoms with Crippen LogP contribution in [0.4, 0.5) is 13.2 Å². The second-order valence-electron chi connectivity index (χ2n) is 4.97. The van der Waals surface area contributed by atoms with Gasteiger partial charge in [-0.05, 0) is 44.0 Å². The molecular weight excluding hydrogens is 283 g/mol. The van der Waals surface area contributed by atoms with Gasteiger partial charge in [0, 0.05) is 5.56 Å². The number of nitrogens with zero attached hydrogens (tertiary/aromatic N) is 2. The molecule has 1 aromatic carbocycles. The van der Waals surface area contributed by atoms with Crippen LogP contribution in [0.1, 0.15) is 22.8 Å². The van der Waals surface area contributed by atoms with Gasteiger partial charge in [0.1, 0.15) is 5.76 Å². The summed E-state index contributed by atoms with van der Waals surface area (Å²) in [6.07, 6.45) is -4.49. The van der Waals surface area contributed by atoms with Crippen LogP contribution in [0.2, 0.25) is 0 Å². The van der Waals surface area contributed by atoms with Gasteiger partial charge in [0.05, 0.1) is 16.7 Å². The molecule has 0 fully saturated rings. The SMILES string of the molecule is Cc1noc(C)c1-c1cc(C)c2nc(C(F)(F)F)[nH]c2c1. The van der Waals surface area contributed by atoms with Crippen molar-refractivity contribution in [2.75, 3.05) is 0 Å². The Hall–Kier alpha value is -2.31. The van der Waals surface area contributed by atoms with E-state index in [0.29, 0.717) is 28.1 Å². The van der Waals surface area contributed by atoms with Gasteiger partial charge in [-0.15, -0.1) is 0 Å². The standard InChI is InChI=1S/C14H12F3N3O/c1-6-4-9(11-7(2)20-21-8(11)3)5-10-12(6)19-13(18-10)14(15,16)17/h4-5H,1-3H3,(H,18,19). The molecule has 0 aliphatic rings. The van der Waals surface area contributed by atoms with Crippen LogP contribution in [-0.4, -0.2) is 15.1 Å². The van der Waals surface area contributed by atoms with E-state index in [9.17, 15) is 13.2 Å². The summed E-state index contributed by atoms with van der Waals surface area (Å²) in [6, 6.07) is 3.42. The van der Waals surface area contributed by atoms with Crippen LogP contribution in [0.5, 0.6) is 0 Å². The Labute approximate surface area is 118 Å². The van der Waals surface area contributed by atoms with Crippen LogP contribution in [0, 0.1) is 20.8 Å². The first-order valence-corrected chi connectivity index (χ1v) is 6.28. The lowest BCUT2D eigenvalue weighted by Crippen LogP contribution is -2.06. The van der Waals surface area contributed by atoms with Gasteiger partial charge < -0.3 is 9.51 Å². The molecule has 0 spiro atoms. The van der Waals surface area contributed by atoms with Crippen LogP contribution in [-0.2, 0) is 6.18 Å². The number of aryl methyl sites for hydroxylation is 3. The Morgan fingerprint density at radius 1 is 1.14 bits per heavy atom. The normalized spacial score (nSPS) is 12.3. The number of rotatable bonds is 1. The maximum atomic E-state index is 12.7. The van der Waals surface area contributed by atoms with E-state index >= 15 is 0 Å². The summed E-state index contributed by atoms with van der Waals surface area (Å²) in [4.78, 5) is 5.96. The Kier molecular flexibility index (Phi) is 2.82. The molecule has 0 atom stereocenters. The van der Waals surface area contributed by atoms with Crippen LogP contribution in [0.15, 0.2) is 16.7 Å². The van der Waals surface area contributed by atoms with E-state index in [1.54, 1.807) is 32.9 Å². The number of nitrogens with one attached hydrogen (secondary N) is 1. The van der Waals surface area contributed by atoms with E-state index in [-0.39, 0.29) is 0 Å². The average molecular weight is 295 g/mol. The largest absolute Gasteiger partial charge is 0.449 e. The Bertz CT molecular complexity index is 810. The minimum Gasteiger partial charge on any atom is -0.361 e. The number of fused-ring (bicyclic) bond motifs is 1. The molecule has 0 aliphatic heterocycles. The molecule has 2 heterocycles. The van der Waals surface area contributed by atoms with E-state index in [0.717, 1.165) is 11.1 Å². The highest BCUT2D eigenvalue weighted by molar-refractivity contribution is 5.86. The first-order chi connectivity index (χ1) is 9.77. The van der Waals surface area contributed by atoms with E-state index in [1.165, 1.54) is 0 Å². The molecule has 110 valence electrons. The van der Waals surface area contributed by atoms with Gasteiger partial charge in [-0.1, -0.05) is 5.16 Å². The van der Waals surface area contributed by atoms with Gasteiger partial charge in [-0.2, -0.15) is 13.2 Å². The fourth-order valence-electron chi connectivity index (χ4n) is 2.46. The number of imidazole rings is 1. The molecule has 2 aromatic heterocycles. The van der Waals surface area contributed by atoms with Crippen molar-refractivity contribution in [3.8, 4) is 11.1 Å². The molecule has 0 unspecified atom stereocenters. The lowest BCUT2D eigenvalue weighted by atomic mass is 10.0. The molecule has 0 saturated carbocycles. The fraction of sp³-hybridized carbons (Fsp3) is 0.286. The number of aromatic amines is 1. The Morgan fingerprint density at radius 2 is 1.86 bits per heavy atom. The van der Waals surface area contributed by atoms with Gasteiger partial charge in [-0.25, -0.2) is 4.98 Å². The Morgan fingerprint density at radius 3 is 2.43 bits per heavy atom. The van der Waals surface area contributed by atoms with E-state index in [2.05, 4.69) is 15.1 Å². The number of hydrogen-bond acceptors (Lipinski definition) is 3. The summed E-state index contributed by atoms with van der Waals surface area (Å²) in [5.74, 6) is -0.363. The van der Waals surface area contributed by atoms with Crippen molar-refractivity contribution in [3.63, 3.8) is 0 Å². The van der Waals surface area contributed by atoms with Crippen LogP contribution in [0.25, 0.3) is 22.2 Å². The zero-order chi connectivity index (χ0) is 15.4. The fourth-order valence-corrected chi connectivity index (χ4v) is 2.46. The van der Waals surface area contributed by atoms with E-state index in [4.69, 9.17) is 4.52 Å².